The Balaban J connectivity index is 2.84. The molecule has 1 aromatic carbocycles. The first-order valence-electron chi connectivity index (χ1n) is 3.99. The van der Waals surface area contributed by atoms with E-state index in [0.717, 1.165) is 0 Å². The number of aliphatic hydroxyl groups excluding tert-OH is 1. The first-order valence-corrected chi connectivity index (χ1v) is 5.53. The van der Waals surface area contributed by atoms with Gasteiger partial charge in [0.1, 0.15) is 0 Å². The van der Waals surface area contributed by atoms with E-state index >= 15 is 0 Å². The second-order valence-electron chi connectivity index (χ2n) is 2.81. The Morgan fingerprint density at radius 1 is 1.36 bits per heavy atom. The minimum absolute atomic E-state index is 0.333. The second-order valence-corrected chi connectivity index (χ2v) is 4.13. The van der Waals surface area contributed by atoms with Crippen LogP contribution in [-0.2, 0) is 10.2 Å². The molecule has 1 aromatic rings. The summed E-state index contributed by atoms with van der Waals surface area (Å²) < 4.78 is 23.6. The number of rotatable bonds is 4. The highest BCUT2D eigenvalue weighted by molar-refractivity contribution is 7.87. The fourth-order valence-electron chi connectivity index (χ4n) is 1.09. The first-order chi connectivity index (χ1) is 6.53. The summed E-state index contributed by atoms with van der Waals surface area (Å²) in [5.41, 5.74) is 0.670. The molecule has 0 aliphatic carbocycles. The fourth-order valence-corrected chi connectivity index (χ4v) is 1.70. The zero-order valence-electron chi connectivity index (χ0n) is 7.42. The highest BCUT2D eigenvalue weighted by Gasteiger charge is 2.14. The Kier molecular flexibility index (Phi) is 3.59. The molecule has 78 valence electrons. The van der Waals surface area contributed by atoms with E-state index < -0.39 is 16.3 Å². The van der Waals surface area contributed by atoms with E-state index in [2.05, 4.69) is 4.72 Å². The van der Waals surface area contributed by atoms with E-state index in [-0.39, 0.29) is 6.61 Å². The van der Waals surface area contributed by atoms with Gasteiger partial charge in [-0.25, -0.2) is 5.14 Å². The van der Waals surface area contributed by atoms with Crippen molar-refractivity contribution in [2.45, 2.75) is 6.04 Å². The molecule has 5 nitrogen and oxygen atoms in total. The number of benzene rings is 1. The maximum atomic E-state index is 10.7. The van der Waals surface area contributed by atoms with E-state index in [4.69, 9.17) is 10.2 Å². The maximum absolute atomic E-state index is 10.7. The maximum Gasteiger partial charge on any atom is 0.275 e. The van der Waals surface area contributed by atoms with Crippen LogP contribution in [0.15, 0.2) is 30.3 Å². The van der Waals surface area contributed by atoms with Crippen LogP contribution < -0.4 is 9.86 Å². The van der Waals surface area contributed by atoms with Crippen molar-refractivity contribution in [3.8, 4) is 0 Å². The molecule has 6 heteroatoms. The molecule has 0 radical (unpaired) electrons. The standard InChI is InChI=1S/C8H12N2O3S/c9-14(12,13)10-8(6-11)7-4-2-1-3-5-7/h1-5,8,10-11H,6H2,(H2,9,12,13)/t8-/m1/s1. The summed E-state index contributed by atoms with van der Waals surface area (Å²) in [6.07, 6.45) is 0. The highest BCUT2D eigenvalue weighted by atomic mass is 32.2. The molecule has 1 atom stereocenters. The Hall–Kier alpha value is -0.950. The molecular weight excluding hydrogens is 204 g/mol. The van der Waals surface area contributed by atoms with Crippen molar-refractivity contribution in [2.75, 3.05) is 6.61 Å². The van der Waals surface area contributed by atoms with Crippen LogP contribution in [-0.4, -0.2) is 20.1 Å². The topological polar surface area (TPSA) is 92.4 Å². The quantitative estimate of drug-likeness (QED) is 0.634. The van der Waals surface area contributed by atoms with Crippen molar-refractivity contribution in [1.29, 1.82) is 0 Å². The third kappa shape index (κ3) is 3.43. The normalized spacial score (nSPS) is 13.9. The summed E-state index contributed by atoms with van der Waals surface area (Å²) in [5, 5.41) is 13.8. The zero-order chi connectivity index (χ0) is 10.6. The van der Waals surface area contributed by atoms with Crippen LogP contribution in [0.5, 0.6) is 0 Å². The number of aliphatic hydroxyl groups is 1. The minimum atomic E-state index is -3.79. The summed E-state index contributed by atoms with van der Waals surface area (Å²) in [7, 11) is -3.79. The molecule has 0 aliphatic heterocycles. The molecule has 0 aromatic heterocycles. The van der Waals surface area contributed by atoms with E-state index in [0.29, 0.717) is 5.56 Å². The Morgan fingerprint density at radius 3 is 2.36 bits per heavy atom. The third-order valence-electron chi connectivity index (χ3n) is 1.69. The van der Waals surface area contributed by atoms with Crippen molar-refractivity contribution in [3.05, 3.63) is 35.9 Å². The van der Waals surface area contributed by atoms with Gasteiger partial charge in [0, 0.05) is 0 Å². The first kappa shape index (κ1) is 11.1. The monoisotopic (exact) mass is 216 g/mol. The van der Waals surface area contributed by atoms with Crippen LogP contribution >= 0.6 is 0 Å². The average Bonchev–Trinajstić information content (AvgIpc) is 2.14. The van der Waals surface area contributed by atoms with Gasteiger partial charge < -0.3 is 5.11 Å². The van der Waals surface area contributed by atoms with Gasteiger partial charge in [0.2, 0.25) is 0 Å². The molecule has 0 unspecified atom stereocenters. The molecule has 0 heterocycles. The van der Waals surface area contributed by atoms with Crippen LogP contribution in [0.2, 0.25) is 0 Å². The lowest BCUT2D eigenvalue weighted by Gasteiger charge is -2.14. The number of hydrogen-bond acceptors (Lipinski definition) is 3. The molecule has 0 spiro atoms. The summed E-state index contributed by atoms with van der Waals surface area (Å²) in [5.74, 6) is 0. The van der Waals surface area contributed by atoms with E-state index in [1.165, 1.54) is 0 Å². The van der Waals surface area contributed by atoms with Crippen molar-refractivity contribution in [1.82, 2.24) is 4.72 Å². The average molecular weight is 216 g/mol. The smallest absolute Gasteiger partial charge is 0.275 e. The largest absolute Gasteiger partial charge is 0.394 e. The molecule has 0 fully saturated rings. The molecular formula is C8H12N2O3S. The molecule has 0 bridgehead atoms. The number of nitrogens with one attached hydrogen (secondary N) is 1. The van der Waals surface area contributed by atoms with Crippen molar-refractivity contribution in [2.24, 2.45) is 5.14 Å². The predicted molar refractivity (Wildman–Crippen MR) is 52.5 cm³/mol. The van der Waals surface area contributed by atoms with Crippen LogP contribution in [0.1, 0.15) is 11.6 Å². The molecule has 0 saturated carbocycles. The lowest BCUT2D eigenvalue weighted by atomic mass is 10.1. The van der Waals surface area contributed by atoms with Crippen LogP contribution in [0.3, 0.4) is 0 Å². The summed E-state index contributed by atoms with van der Waals surface area (Å²) in [6.45, 7) is -0.333. The van der Waals surface area contributed by atoms with Crippen LogP contribution in [0.4, 0.5) is 0 Å². The lowest BCUT2D eigenvalue weighted by Crippen LogP contribution is -2.35. The number of hydrogen-bond donors (Lipinski definition) is 3. The van der Waals surface area contributed by atoms with Crippen molar-refractivity contribution in [3.63, 3.8) is 0 Å². The summed E-state index contributed by atoms with van der Waals surface area (Å²) in [6, 6.07) is 8.03. The van der Waals surface area contributed by atoms with Gasteiger partial charge in [-0.15, -0.1) is 0 Å². The minimum Gasteiger partial charge on any atom is -0.394 e. The molecule has 1 rings (SSSR count). The third-order valence-corrected chi connectivity index (χ3v) is 2.30. The predicted octanol–water partition coefficient (Wildman–Crippen LogP) is -0.487. The molecule has 14 heavy (non-hydrogen) atoms. The van der Waals surface area contributed by atoms with Gasteiger partial charge in [-0.1, -0.05) is 30.3 Å². The van der Waals surface area contributed by atoms with Crippen molar-refractivity contribution >= 4 is 10.2 Å². The Labute approximate surface area is 82.7 Å². The van der Waals surface area contributed by atoms with Crippen LogP contribution in [0, 0.1) is 0 Å². The summed E-state index contributed by atoms with van der Waals surface area (Å²) in [4.78, 5) is 0. The Bertz CT molecular complexity index is 377. The number of nitrogens with two attached hydrogens (primary N) is 1. The molecule has 0 aliphatic rings. The van der Waals surface area contributed by atoms with Crippen LogP contribution in [0.25, 0.3) is 0 Å². The van der Waals surface area contributed by atoms with E-state index in [1.807, 2.05) is 0 Å². The SMILES string of the molecule is NS(=O)(=O)N[C@H](CO)c1ccccc1. The van der Waals surface area contributed by atoms with Gasteiger partial charge in [-0.05, 0) is 5.56 Å². The molecule has 0 saturated heterocycles. The van der Waals surface area contributed by atoms with Gasteiger partial charge in [0.25, 0.3) is 10.2 Å². The molecule has 4 N–H and O–H groups in total. The lowest BCUT2D eigenvalue weighted by molar-refractivity contribution is 0.259. The zero-order valence-corrected chi connectivity index (χ0v) is 8.24. The van der Waals surface area contributed by atoms with Gasteiger partial charge in [-0.3, -0.25) is 0 Å². The second kappa shape index (κ2) is 4.52. The highest BCUT2D eigenvalue weighted by Crippen LogP contribution is 2.11. The van der Waals surface area contributed by atoms with E-state index in [1.54, 1.807) is 30.3 Å². The summed E-state index contributed by atoms with van der Waals surface area (Å²) >= 11 is 0. The van der Waals surface area contributed by atoms with Gasteiger partial charge in [0.15, 0.2) is 0 Å². The van der Waals surface area contributed by atoms with Gasteiger partial charge >= 0.3 is 0 Å². The Morgan fingerprint density at radius 2 is 1.93 bits per heavy atom. The fraction of sp³-hybridized carbons (Fsp3) is 0.250. The van der Waals surface area contributed by atoms with Gasteiger partial charge in [0.05, 0.1) is 12.6 Å². The van der Waals surface area contributed by atoms with Crippen molar-refractivity contribution < 1.29 is 13.5 Å². The van der Waals surface area contributed by atoms with Gasteiger partial charge in [-0.2, -0.15) is 13.1 Å². The van der Waals surface area contributed by atoms with E-state index in [9.17, 15) is 8.42 Å². The molecule has 0 amide bonds.